The van der Waals surface area contributed by atoms with Crippen molar-refractivity contribution in [2.45, 2.75) is 26.5 Å². The van der Waals surface area contributed by atoms with E-state index in [9.17, 15) is 4.79 Å². The van der Waals surface area contributed by atoms with Crippen LogP contribution in [0.2, 0.25) is 0 Å². The highest BCUT2D eigenvalue weighted by molar-refractivity contribution is 9.10. The van der Waals surface area contributed by atoms with Gasteiger partial charge in [0, 0.05) is 15.9 Å². The lowest BCUT2D eigenvalue weighted by Gasteiger charge is -2.28. The fourth-order valence-corrected chi connectivity index (χ4v) is 4.66. The number of anilines is 2. The average molecular weight is 561 g/mol. The van der Waals surface area contributed by atoms with E-state index < -0.39 is 6.04 Å². The molecule has 0 spiro atoms. The topological polar surface area (TPSA) is 103 Å². The zero-order chi connectivity index (χ0) is 25.9. The third-order valence-electron chi connectivity index (χ3n) is 6.05. The molecule has 3 aromatic carbocycles. The summed E-state index contributed by atoms with van der Waals surface area (Å²) in [7, 11) is 1.59. The summed E-state index contributed by atoms with van der Waals surface area (Å²) in [6.45, 7) is 4.21. The number of carbonyl (C=O) groups is 1. The Balaban J connectivity index is 1.47. The van der Waals surface area contributed by atoms with Gasteiger partial charge in [-0.1, -0.05) is 56.9 Å². The van der Waals surface area contributed by atoms with Crippen LogP contribution in [0.25, 0.3) is 0 Å². The third kappa shape index (κ3) is 5.19. The number of nitrogens with zero attached hydrogens (tertiary/aromatic N) is 4. The van der Waals surface area contributed by atoms with Crippen molar-refractivity contribution >= 4 is 33.5 Å². The average Bonchev–Trinajstić information content (AvgIpc) is 3.36. The van der Waals surface area contributed by atoms with Crippen molar-refractivity contribution in [3.63, 3.8) is 0 Å². The summed E-state index contributed by atoms with van der Waals surface area (Å²) in [5.41, 5.74) is 4.75. The van der Waals surface area contributed by atoms with Crippen molar-refractivity contribution in [2.75, 3.05) is 17.7 Å². The molecule has 2 heterocycles. The number of halogens is 1. The van der Waals surface area contributed by atoms with Crippen LogP contribution in [0.15, 0.2) is 82.5 Å². The number of nitrogens with one attached hydrogen (secondary N) is 2. The Hall–Kier alpha value is -4.18. The first-order valence-corrected chi connectivity index (χ1v) is 12.4. The van der Waals surface area contributed by atoms with Gasteiger partial charge in [-0.3, -0.25) is 4.79 Å². The fraction of sp³-hybridized carbons (Fsp3) is 0.185. The third-order valence-corrected chi connectivity index (χ3v) is 6.55. The molecule has 9 nitrogen and oxygen atoms in total. The first-order valence-electron chi connectivity index (χ1n) is 11.6. The highest BCUT2D eigenvalue weighted by Crippen LogP contribution is 2.39. The molecular formula is C27H25BrN6O3. The Kier molecular flexibility index (Phi) is 6.91. The van der Waals surface area contributed by atoms with Crippen LogP contribution in [-0.2, 0) is 11.4 Å². The number of tetrazole rings is 1. The molecule has 10 heteroatoms. The molecule has 0 fully saturated rings. The Morgan fingerprint density at radius 3 is 2.65 bits per heavy atom. The number of aryl methyl sites for hydroxylation is 1. The smallest absolute Gasteiger partial charge is 0.255 e. The molecule has 37 heavy (non-hydrogen) atoms. The van der Waals surface area contributed by atoms with Crippen LogP contribution in [0.5, 0.6) is 11.5 Å². The quantitative estimate of drug-likeness (QED) is 0.317. The van der Waals surface area contributed by atoms with E-state index >= 15 is 0 Å². The van der Waals surface area contributed by atoms with Crippen molar-refractivity contribution < 1.29 is 14.3 Å². The number of fused-ring (bicyclic) bond motifs is 1. The number of carbonyl (C=O) groups excluding carboxylic acids is 1. The molecule has 1 atom stereocenters. The SMILES string of the molecule is COc1cc(C2C(C(=O)Nc3ccc(C)cc3)=C(C)Nc3nnnn32)ccc1OCc1cccc(Br)c1. The van der Waals surface area contributed by atoms with Crippen LogP contribution in [0, 0.1) is 6.92 Å². The Bertz CT molecular complexity index is 1480. The Morgan fingerprint density at radius 2 is 1.89 bits per heavy atom. The number of amides is 1. The van der Waals surface area contributed by atoms with Crippen molar-refractivity contribution in [1.29, 1.82) is 0 Å². The minimum absolute atomic E-state index is 0.256. The lowest BCUT2D eigenvalue weighted by atomic mass is 9.94. The molecule has 1 amide bonds. The highest BCUT2D eigenvalue weighted by Gasteiger charge is 2.34. The lowest BCUT2D eigenvalue weighted by molar-refractivity contribution is -0.113. The van der Waals surface area contributed by atoms with Crippen molar-refractivity contribution in [1.82, 2.24) is 20.2 Å². The standard InChI is InChI=1S/C27H25BrN6O3/c1-16-7-10-21(11-8-16)30-26(35)24-17(2)29-27-31-32-33-34(27)25(24)19-9-12-22(23(14-19)36-3)37-15-18-5-4-6-20(28)13-18/h4-14,25H,15H2,1-3H3,(H,30,35)(H,29,31,33). The summed E-state index contributed by atoms with van der Waals surface area (Å²) < 4.78 is 14.3. The molecule has 0 saturated carbocycles. The maximum absolute atomic E-state index is 13.5. The first-order chi connectivity index (χ1) is 17.9. The van der Waals surface area contributed by atoms with Crippen LogP contribution >= 0.6 is 15.9 Å². The molecule has 1 unspecified atom stereocenters. The van der Waals surface area contributed by atoms with Gasteiger partial charge in [0.1, 0.15) is 12.6 Å². The zero-order valence-corrected chi connectivity index (χ0v) is 22.1. The Labute approximate surface area is 222 Å². The van der Waals surface area contributed by atoms with E-state index in [-0.39, 0.29) is 5.91 Å². The normalized spacial score (nSPS) is 14.5. The van der Waals surface area contributed by atoms with Gasteiger partial charge in [0.05, 0.1) is 12.7 Å². The maximum atomic E-state index is 13.5. The van der Waals surface area contributed by atoms with E-state index in [4.69, 9.17) is 9.47 Å². The second-order valence-corrected chi connectivity index (χ2v) is 9.58. The molecule has 0 radical (unpaired) electrons. The largest absolute Gasteiger partial charge is 0.493 e. The summed E-state index contributed by atoms with van der Waals surface area (Å²) in [4.78, 5) is 13.5. The molecule has 1 aromatic heterocycles. The molecule has 1 aliphatic rings. The van der Waals surface area contributed by atoms with E-state index in [0.717, 1.165) is 21.2 Å². The molecule has 5 rings (SSSR count). The lowest BCUT2D eigenvalue weighted by Crippen LogP contribution is -2.31. The molecule has 4 aromatic rings. The highest BCUT2D eigenvalue weighted by atomic mass is 79.9. The van der Waals surface area contributed by atoms with Crippen LogP contribution in [0.1, 0.15) is 29.7 Å². The second-order valence-electron chi connectivity index (χ2n) is 8.66. The van der Waals surface area contributed by atoms with Gasteiger partial charge in [0.25, 0.3) is 5.91 Å². The molecule has 2 N–H and O–H groups in total. The van der Waals surface area contributed by atoms with E-state index in [2.05, 4.69) is 42.1 Å². The summed E-state index contributed by atoms with van der Waals surface area (Å²) in [5.74, 6) is 1.32. The van der Waals surface area contributed by atoms with E-state index in [1.54, 1.807) is 11.8 Å². The van der Waals surface area contributed by atoms with Crippen molar-refractivity contribution in [3.8, 4) is 11.5 Å². The number of hydrogen-bond acceptors (Lipinski definition) is 7. The number of allylic oxidation sites excluding steroid dienone is 1. The maximum Gasteiger partial charge on any atom is 0.255 e. The van der Waals surface area contributed by atoms with Gasteiger partial charge in [-0.05, 0) is 71.8 Å². The van der Waals surface area contributed by atoms with E-state index in [0.29, 0.717) is 41.0 Å². The van der Waals surface area contributed by atoms with Gasteiger partial charge >= 0.3 is 0 Å². The molecular weight excluding hydrogens is 536 g/mol. The zero-order valence-electron chi connectivity index (χ0n) is 20.5. The van der Waals surface area contributed by atoms with Gasteiger partial charge in [0.15, 0.2) is 11.5 Å². The molecule has 188 valence electrons. The summed E-state index contributed by atoms with van der Waals surface area (Å²) in [5, 5.41) is 18.2. The summed E-state index contributed by atoms with van der Waals surface area (Å²) in [6, 6.07) is 20.6. The Morgan fingerprint density at radius 1 is 1.08 bits per heavy atom. The van der Waals surface area contributed by atoms with Crippen LogP contribution in [0.4, 0.5) is 11.6 Å². The van der Waals surface area contributed by atoms with Crippen molar-refractivity contribution in [2.24, 2.45) is 0 Å². The predicted octanol–water partition coefficient (Wildman–Crippen LogP) is 5.26. The minimum atomic E-state index is -0.579. The van der Waals surface area contributed by atoms with Crippen molar-refractivity contribution in [3.05, 3.63) is 99.2 Å². The molecule has 1 aliphatic heterocycles. The number of ether oxygens (including phenoxy) is 2. The monoisotopic (exact) mass is 560 g/mol. The fourth-order valence-electron chi connectivity index (χ4n) is 4.21. The number of methoxy groups -OCH3 is 1. The minimum Gasteiger partial charge on any atom is -0.493 e. The van der Waals surface area contributed by atoms with Gasteiger partial charge in [-0.2, -0.15) is 4.68 Å². The van der Waals surface area contributed by atoms with Gasteiger partial charge in [0.2, 0.25) is 5.95 Å². The molecule has 0 bridgehead atoms. The van der Waals surface area contributed by atoms with Gasteiger partial charge < -0.3 is 20.1 Å². The molecule has 0 saturated heterocycles. The van der Waals surface area contributed by atoms with Gasteiger partial charge in [-0.15, -0.1) is 0 Å². The number of rotatable bonds is 7. The predicted molar refractivity (Wildman–Crippen MR) is 144 cm³/mol. The number of hydrogen-bond donors (Lipinski definition) is 2. The van der Waals surface area contributed by atoms with Crippen LogP contribution in [-0.4, -0.2) is 33.2 Å². The first kappa shape index (κ1) is 24.5. The summed E-state index contributed by atoms with van der Waals surface area (Å²) >= 11 is 3.49. The number of benzene rings is 3. The van der Waals surface area contributed by atoms with E-state index in [1.165, 1.54) is 0 Å². The van der Waals surface area contributed by atoms with Crippen LogP contribution < -0.4 is 20.1 Å². The van der Waals surface area contributed by atoms with E-state index in [1.807, 2.05) is 80.6 Å². The van der Waals surface area contributed by atoms with Gasteiger partial charge in [-0.25, -0.2) is 0 Å². The summed E-state index contributed by atoms with van der Waals surface area (Å²) in [6.07, 6.45) is 0. The molecule has 0 aliphatic carbocycles. The number of aromatic nitrogens is 4. The second kappa shape index (κ2) is 10.4. The van der Waals surface area contributed by atoms with Crippen LogP contribution in [0.3, 0.4) is 0 Å².